The molecule has 0 aliphatic heterocycles. The second-order valence-corrected chi connectivity index (χ2v) is 7.35. The largest absolute Gasteiger partial charge is 0.449 e. The number of rotatable bonds is 8. The molecule has 8 nitrogen and oxygen atoms in total. The molecule has 0 radical (unpaired) electrons. The second-order valence-electron chi connectivity index (χ2n) is 7.35. The van der Waals surface area contributed by atoms with Gasteiger partial charge in [-0.1, -0.05) is 24.3 Å². The third kappa shape index (κ3) is 7.58. The molecular weight excluding hydrogens is 398 g/mol. The fraction of sp³-hybridized carbons (Fsp3) is 0.304. The lowest BCUT2D eigenvalue weighted by atomic mass is 10.1. The van der Waals surface area contributed by atoms with Crippen molar-refractivity contribution in [3.63, 3.8) is 0 Å². The van der Waals surface area contributed by atoms with Gasteiger partial charge in [0.2, 0.25) is 0 Å². The van der Waals surface area contributed by atoms with Gasteiger partial charge in [-0.25, -0.2) is 9.59 Å². The van der Waals surface area contributed by atoms with Crippen molar-refractivity contribution in [1.82, 2.24) is 10.6 Å². The minimum atomic E-state index is -1.03. The summed E-state index contributed by atoms with van der Waals surface area (Å²) < 4.78 is 5.23. The molecule has 0 aromatic heterocycles. The number of benzene rings is 2. The molecule has 1 atom stereocenters. The van der Waals surface area contributed by atoms with E-state index < -0.39 is 18.0 Å². The van der Waals surface area contributed by atoms with E-state index in [1.54, 1.807) is 48.5 Å². The molecule has 0 unspecified atom stereocenters. The summed E-state index contributed by atoms with van der Waals surface area (Å²) in [5.41, 5.74) is 2.01. The first-order valence-corrected chi connectivity index (χ1v) is 9.92. The number of amides is 3. The Morgan fingerprint density at radius 3 is 2.23 bits per heavy atom. The monoisotopic (exact) mass is 425 g/mol. The van der Waals surface area contributed by atoms with Gasteiger partial charge in [0.15, 0.2) is 11.9 Å². The van der Waals surface area contributed by atoms with E-state index >= 15 is 0 Å². The van der Waals surface area contributed by atoms with Crippen LogP contribution in [0.15, 0.2) is 48.5 Å². The zero-order chi connectivity index (χ0) is 23.0. The Balaban J connectivity index is 1.89. The summed E-state index contributed by atoms with van der Waals surface area (Å²) in [5, 5.41) is 8.07. The van der Waals surface area contributed by atoms with Crippen LogP contribution in [0.3, 0.4) is 0 Å². The first kappa shape index (κ1) is 23.6. The Morgan fingerprint density at radius 1 is 0.935 bits per heavy atom. The molecule has 0 saturated heterocycles. The van der Waals surface area contributed by atoms with Crippen LogP contribution >= 0.6 is 0 Å². The highest BCUT2D eigenvalue weighted by molar-refractivity contribution is 5.99. The molecule has 0 aliphatic rings. The molecule has 0 saturated carbocycles. The molecule has 3 amide bonds. The van der Waals surface area contributed by atoms with Crippen molar-refractivity contribution in [1.29, 1.82) is 0 Å². The number of hydrogen-bond donors (Lipinski definition) is 3. The van der Waals surface area contributed by atoms with Crippen molar-refractivity contribution < 1.29 is 23.9 Å². The number of carbonyl (C=O) groups excluding carboxylic acids is 4. The standard InChI is InChI=1S/C23H27N3O5/c1-14(2)25-23(30)24-13-17-8-10-18(11-9-17)22(29)31-16(4)21(28)26-20-7-5-6-19(12-20)15(3)27/h5-12,14,16H,13H2,1-4H3,(H,26,28)(H2,24,25,30)/t16-/m1/s1. The van der Waals surface area contributed by atoms with Crippen LogP contribution in [0, 0.1) is 0 Å². The summed E-state index contributed by atoms with van der Waals surface area (Å²) in [6.45, 7) is 6.95. The van der Waals surface area contributed by atoms with E-state index in [-0.39, 0.29) is 23.4 Å². The lowest BCUT2D eigenvalue weighted by Crippen LogP contribution is -2.39. The molecule has 3 N–H and O–H groups in total. The smallest absolute Gasteiger partial charge is 0.338 e. The van der Waals surface area contributed by atoms with Gasteiger partial charge in [-0.3, -0.25) is 9.59 Å². The molecule has 31 heavy (non-hydrogen) atoms. The zero-order valence-corrected chi connectivity index (χ0v) is 18.0. The van der Waals surface area contributed by atoms with Crippen LogP contribution in [0.1, 0.15) is 54.0 Å². The van der Waals surface area contributed by atoms with Crippen LogP contribution in [0.25, 0.3) is 0 Å². The van der Waals surface area contributed by atoms with Crippen LogP contribution < -0.4 is 16.0 Å². The van der Waals surface area contributed by atoms with Crippen molar-refractivity contribution in [2.75, 3.05) is 5.32 Å². The number of esters is 1. The van der Waals surface area contributed by atoms with E-state index in [1.807, 2.05) is 13.8 Å². The number of nitrogens with one attached hydrogen (secondary N) is 3. The maximum atomic E-state index is 12.3. The van der Waals surface area contributed by atoms with Crippen molar-refractivity contribution in [2.45, 2.75) is 46.4 Å². The minimum absolute atomic E-state index is 0.0365. The first-order chi connectivity index (χ1) is 14.7. The van der Waals surface area contributed by atoms with Gasteiger partial charge in [0.05, 0.1) is 5.56 Å². The summed E-state index contributed by atoms with van der Waals surface area (Å²) in [4.78, 5) is 47.7. The quantitative estimate of drug-likeness (QED) is 0.444. The van der Waals surface area contributed by atoms with E-state index in [4.69, 9.17) is 4.74 Å². The summed E-state index contributed by atoms with van der Waals surface area (Å²) in [5.74, 6) is -1.27. The lowest BCUT2D eigenvalue weighted by molar-refractivity contribution is -0.123. The Labute approximate surface area is 181 Å². The van der Waals surface area contributed by atoms with Gasteiger partial charge in [-0.05, 0) is 57.5 Å². The third-order valence-electron chi connectivity index (χ3n) is 4.25. The number of urea groups is 1. The molecule has 0 fully saturated rings. The fourth-order valence-electron chi connectivity index (χ4n) is 2.60. The number of ether oxygens (including phenoxy) is 1. The predicted molar refractivity (Wildman–Crippen MR) is 117 cm³/mol. The SMILES string of the molecule is CC(=O)c1cccc(NC(=O)[C@@H](C)OC(=O)c2ccc(CNC(=O)NC(C)C)cc2)c1. The van der Waals surface area contributed by atoms with Crippen LogP contribution in [-0.4, -0.2) is 35.8 Å². The normalized spacial score (nSPS) is 11.4. The van der Waals surface area contributed by atoms with Gasteiger partial charge in [0.1, 0.15) is 0 Å². The van der Waals surface area contributed by atoms with Crippen molar-refractivity contribution in [2.24, 2.45) is 0 Å². The van der Waals surface area contributed by atoms with Gasteiger partial charge in [-0.15, -0.1) is 0 Å². The van der Waals surface area contributed by atoms with Gasteiger partial charge >= 0.3 is 12.0 Å². The maximum absolute atomic E-state index is 12.3. The number of ketones is 1. The highest BCUT2D eigenvalue weighted by atomic mass is 16.5. The van der Waals surface area contributed by atoms with Crippen LogP contribution in [0.4, 0.5) is 10.5 Å². The van der Waals surface area contributed by atoms with Crippen molar-refractivity contribution >= 4 is 29.4 Å². The Hall–Kier alpha value is -3.68. The number of hydrogen-bond acceptors (Lipinski definition) is 5. The fourth-order valence-corrected chi connectivity index (χ4v) is 2.60. The van der Waals surface area contributed by atoms with Crippen molar-refractivity contribution in [3.8, 4) is 0 Å². The molecule has 0 spiro atoms. The number of Topliss-reactive ketones (excluding diaryl/α,β-unsaturated/α-hetero) is 1. The molecule has 2 rings (SSSR count). The summed E-state index contributed by atoms with van der Waals surface area (Å²) in [6, 6.07) is 12.8. The molecule has 0 aliphatic carbocycles. The lowest BCUT2D eigenvalue weighted by Gasteiger charge is -2.14. The topological polar surface area (TPSA) is 114 Å². The van der Waals surface area contributed by atoms with E-state index in [1.165, 1.54) is 13.8 Å². The maximum Gasteiger partial charge on any atom is 0.338 e. The molecule has 0 bridgehead atoms. The highest BCUT2D eigenvalue weighted by Crippen LogP contribution is 2.13. The van der Waals surface area contributed by atoms with Crippen molar-refractivity contribution in [3.05, 3.63) is 65.2 Å². The number of anilines is 1. The average molecular weight is 425 g/mol. The number of carbonyl (C=O) groups is 4. The molecule has 164 valence electrons. The zero-order valence-electron chi connectivity index (χ0n) is 18.0. The minimum Gasteiger partial charge on any atom is -0.449 e. The summed E-state index contributed by atoms with van der Waals surface area (Å²) in [6.07, 6.45) is -1.03. The van der Waals surface area contributed by atoms with Crippen LogP contribution in [0.5, 0.6) is 0 Å². The molecule has 2 aromatic carbocycles. The van der Waals surface area contributed by atoms with E-state index in [0.717, 1.165) is 5.56 Å². The van der Waals surface area contributed by atoms with Crippen LogP contribution in [-0.2, 0) is 16.1 Å². The highest BCUT2D eigenvalue weighted by Gasteiger charge is 2.19. The predicted octanol–water partition coefficient (Wildman–Crippen LogP) is 3.28. The van der Waals surface area contributed by atoms with Gasteiger partial charge in [-0.2, -0.15) is 0 Å². The third-order valence-corrected chi connectivity index (χ3v) is 4.25. The molecule has 2 aromatic rings. The van der Waals surface area contributed by atoms with E-state index in [0.29, 0.717) is 17.8 Å². The van der Waals surface area contributed by atoms with Crippen LogP contribution in [0.2, 0.25) is 0 Å². The average Bonchev–Trinajstić information content (AvgIpc) is 2.72. The van der Waals surface area contributed by atoms with E-state index in [2.05, 4.69) is 16.0 Å². The second kappa shape index (κ2) is 10.9. The Morgan fingerprint density at radius 2 is 1.61 bits per heavy atom. The molecular formula is C23H27N3O5. The Kier molecular flexibility index (Phi) is 8.31. The first-order valence-electron chi connectivity index (χ1n) is 9.92. The van der Waals surface area contributed by atoms with Gasteiger partial charge in [0.25, 0.3) is 5.91 Å². The molecule has 8 heteroatoms. The summed E-state index contributed by atoms with van der Waals surface area (Å²) >= 11 is 0. The molecule has 0 heterocycles. The van der Waals surface area contributed by atoms with Gasteiger partial charge in [0, 0.05) is 23.8 Å². The summed E-state index contributed by atoms with van der Waals surface area (Å²) in [7, 11) is 0. The van der Waals surface area contributed by atoms with E-state index in [9.17, 15) is 19.2 Å². The van der Waals surface area contributed by atoms with Gasteiger partial charge < -0.3 is 20.7 Å². The Bertz CT molecular complexity index is 954.